The van der Waals surface area contributed by atoms with Gasteiger partial charge in [-0.1, -0.05) is 11.8 Å². The molecule has 0 bridgehead atoms. The lowest BCUT2D eigenvalue weighted by molar-refractivity contribution is -0.116. The van der Waals surface area contributed by atoms with Crippen LogP contribution in [0.1, 0.15) is 57.3 Å². The Balaban J connectivity index is 1.85. The van der Waals surface area contributed by atoms with Gasteiger partial charge in [-0.2, -0.15) is 0 Å². The van der Waals surface area contributed by atoms with Crippen molar-refractivity contribution in [2.24, 2.45) is 0 Å². The molecule has 5 heteroatoms. The summed E-state index contributed by atoms with van der Waals surface area (Å²) in [5.41, 5.74) is 0. The number of rotatable bonds is 5. The van der Waals surface area contributed by atoms with Crippen LogP contribution in [-0.4, -0.2) is 25.8 Å². The molecule has 17 heavy (non-hydrogen) atoms. The van der Waals surface area contributed by atoms with Crippen molar-refractivity contribution in [3.05, 3.63) is 5.82 Å². The van der Waals surface area contributed by atoms with E-state index in [1.54, 1.807) is 18.7 Å². The summed E-state index contributed by atoms with van der Waals surface area (Å²) in [6.07, 6.45) is 4.97. The first kappa shape index (κ1) is 11.3. The lowest BCUT2D eigenvalue weighted by atomic mass is 10.3. The second-order valence-corrected chi connectivity index (χ2v) is 6.39. The molecule has 0 radical (unpaired) electrons. The zero-order chi connectivity index (χ0) is 12.0. The van der Waals surface area contributed by atoms with Crippen molar-refractivity contribution in [3.8, 4) is 0 Å². The van der Waals surface area contributed by atoms with E-state index in [-0.39, 0.29) is 11.0 Å². The van der Waals surface area contributed by atoms with Crippen LogP contribution in [-0.2, 0) is 4.79 Å². The Kier molecular flexibility index (Phi) is 2.73. The van der Waals surface area contributed by atoms with E-state index in [0.717, 1.165) is 11.0 Å². The van der Waals surface area contributed by atoms with Crippen molar-refractivity contribution in [3.63, 3.8) is 0 Å². The third-order valence-electron chi connectivity index (χ3n) is 3.40. The van der Waals surface area contributed by atoms with Gasteiger partial charge in [-0.05, 0) is 39.5 Å². The van der Waals surface area contributed by atoms with Crippen LogP contribution in [0.2, 0.25) is 0 Å². The van der Waals surface area contributed by atoms with E-state index < -0.39 is 0 Å². The molecule has 1 heterocycles. The average molecular weight is 251 g/mol. The van der Waals surface area contributed by atoms with Crippen molar-refractivity contribution in [2.45, 2.75) is 61.9 Å². The molecule has 1 aromatic rings. The number of aromatic nitrogens is 3. The molecule has 2 fully saturated rings. The van der Waals surface area contributed by atoms with Gasteiger partial charge in [0.2, 0.25) is 0 Å². The Hall–Kier alpha value is -0.840. The van der Waals surface area contributed by atoms with E-state index in [2.05, 4.69) is 14.8 Å². The van der Waals surface area contributed by atoms with Crippen LogP contribution in [0.25, 0.3) is 0 Å². The largest absolute Gasteiger partial charge is 0.303 e. The lowest BCUT2D eigenvalue weighted by Crippen LogP contribution is -2.10. The van der Waals surface area contributed by atoms with Gasteiger partial charge < -0.3 is 4.57 Å². The predicted octanol–water partition coefficient (Wildman–Crippen LogP) is 2.56. The van der Waals surface area contributed by atoms with Gasteiger partial charge in [-0.3, -0.25) is 4.79 Å². The first-order valence-corrected chi connectivity index (χ1v) is 7.16. The Morgan fingerprint density at radius 1 is 1.35 bits per heavy atom. The van der Waals surface area contributed by atoms with E-state index in [1.807, 2.05) is 6.92 Å². The summed E-state index contributed by atoms with van der Waals surface area (Å²) in [5, 5.41) is 9.53. The van der Waals surface area contributed by atoms with Crippen molar-refractivity contribution in [1.29, 1.82) is 0 Å². The fourth-order valence-electron chi connectivity index (χ4n) is 1.91. The number of carbonyl (C=O) groups excluding carboxylic acids is 1. The molecule has 0 aromatic carbocycles. The molecule has 0 spiro atoms. The molecular weight excluding hydrogens is 234 g/mol. The van der Waals surface area contributed by atoms with Gasteiger partial charge in [0.15, 0.2) is 5.16 Å². The highest BCUT2D eigenvalue weighted by atomic mass is 32.2. The van der Waals surface area contributed by atoms with E-state index in [9.17, 15) is 4.79 Å². The maximum absolute atomic E-state index is 11.3. The summed E-state index contributed by atoms with van der Waals surface area (Å²) in [4.78, 5) is 11.3. The Bertz CT molecular complexity index is 449. The van der Waals surface area contributed by atoms with Gasteiger partial charge in [0.1, 0.15) is 11.6 Å². The van der Waals surface area contributed by atoms with Gasteiger partial charge in [0.05, 0.1) is 5.25 Å². The molecule has 0 aliphatic heterocycles. The third kappa shape index (κ3) is 2.25. The van der Waals surface area contributed by atoms with Gasteiger partial charge >= 0.3 is 0 Å². The number of nitrogens with zero attached hydrogens (tertiary/aromatic N) is 3. The summed E-state index contributed by atoms with van der Waals surface area (Å²) in [7, 11) is 0. The minimum atomic E-state index is -0.0243. The Labute approximate surface area is 105 Å². The van der Waals surface area contributed by atoms with Crippen LogP contribution in [0.4, 0.5) is 0 Å². The molecule has 2 saturated carbocycles. The molecule has 0 N–H and O–H groups in total. The molecular formula is C12H17N3OS. The second kappa shape index (κ2) is 4.12. The van der Waals surface area contributed by atoms with Crippen molar-refractivity contribution >= 4 is 17.5 Å². The number of ketones is 1. The minimum absolute atomic E-state index is 0.0243. The highest BCUT2D eigenvalue weighted by Crippen LogP contribution is 2.46. The van der Waals surface area contributed by atoms with E-state index in [0.29, 0.717) is 12.0 Å². The number of hydrogen-bond donors (Lipinski definition) is 0. The molecule has 2 aliphatic carbocycles. The highest BCUT2D eigenvalue weighted by Gasteiger charge is 2.36. The maximum Gasteiger partial charge on any atom is 0.192 e. The van der Waals surface area contributed by atoms with Crippen LogP contribution in [0, 0.1) is 0 Å². The van der Waals surface area contributed by atoms with Crippen LogP contribution in [0.15, 0.2) is 5.16 Å². The topological polar surface area (TPSA) is 47.8 Å². The smallest absolute Gasteiger partial charge is 0.192 e. The highest BCUT2D eigenvalue weighted by molar-refractivity contribution is 8.00. The van der Waals surface area contributed by atoms with Crippen LogP contribution in [0.3, 0.4) is 0 Å². The molecule has 0 amide bonds. The lowest BCUT2D eigenvalue weighted by Gasteiger charge is -2.10. The normalized spacial score (nSPS) is 21.5. The summed E-state index contributed by atoms with van der Waals surface area (Å²) in [5.74, 6) is 1.99. The fraction of sp³-hybridized carbons (Fsp3) is 0.750. The van der Waals surface area contributed by atoms with Crippen LogP contribution >= 0.6 is 11.8 Å². The predicted molar refractivity (Wildman–Crippen MR) is 66.3 cm³/mol. The third-order valence-corrected chi connectivity index (χ3v) is 4.57. The number of Topliss-reactive ketones (excluding diaryl/α,β-unsaturated/α-hetero) is 1. The molecule has 92 valence electrons. The average Bonchev–Trinajstić information content (AvgIpc) is 3.18. The Morgan fingerprint density at radius 2 is 2.06 bits per heavy atom. The molecule has 1 atom stereocenters. The quantitative estimate of drug-likeness (QED) is 0.755. The zero-order valence-corrected chi connectivity index (χ0v) is 11.0. The summed E-state index contributed by atoms with van der Waals surface area (Å²) >= 11 is 1.55. The first-order chi connectivity index (χ1) is 8.16. The van der Waals surface area contributed by atoms with E-state index >= 15 is 0 Å². The summed E-state index contributed by atoms with van der Waals surface area (Å²) in [6.45, 7) is 3.58. The van der Waals surface area contributed by atoms with Crippen molar-refractivity contribution < 1.29 is 4.79 Å². The standard InChI is InChI=1S/C12H17N3OS/c1-7(16)8(2)17-12-14-13-11(9-3-4-9)15(12)10-5-6-10/h8-10H,3-6H2,1-2H3/t8-/m1/s1. The summed E-state index contributed by atoms with van der Waals surface area (Å²) < 4.78 is 2.29. The van der Waals surface area contributed by atoms with Gasteiger partial charge in [0.25, 0.3) is 0 Å². The maximum atomic E-state index is 11.3. The summed E-state index contributed by atoms with van der Waals surface area (Å²) in [6, 6.07) is 0.599. The number of carbonyl (C=O) groups is 1. The number of thioether (sulfide) groups is 1. The van der Waals surface area contributed by atoms with Gasteiger partial charge in [-0.25, -0.2) is 0 Å². The van der Waals surface area contributed by atoms with Crippen LogP contribution < -0.4 is 0 Å². The fourth-order valence-corrected chi connectivity index (χ4v) is 2.83. The zero-order valence-electron chi connectivity index (χ0n) is 10.2. The van der Waals surface area contributed by atoms with Crippen molar-refractivity contribution in [2.75, 3.05) is 0 Å². The second-order valence-electron chi connectivity index (χ2n) is 5.09. The SMILES string of the molecule is CC(=O)[C@@H](C)Sc1nnc(C2CC2)n1C1CC1. The molecule has 0 saturated heterocycles. The Morgan fingerprint density at radius 3 is 2.59 bits per heavy atom. The minimum Gasteiger partial charge on any atom is -0.303 e. The monoisotopic (exact) mass is 251 g/mol. The van der Waals surface area contributed by atoms with Gasteiger partial charge in [-0.15, -0.1) is 10.2 Å². The number of hydrogen-bond acceptors (Lipinski definition) is 4. The first-order valence-electron chi connectivity index (χ1n) is 6.28. The van der Waals surface area contributed by atoms with E-state index in [1.165, 1.54) is 25.7 Å². The molecule has 3 rings (SSSR count). The molecule has 1 aromatic heterocycles. The van der Waals surface area contributed by atoms with Crippen molar-refractivity contribution in [1.82, 2.24) is 14.8 Å². The molecule has 2 aliphatic rings. The van der Waals surface area contributed by atoms with E-state index in [4.69, 9.17) is 0 Å². The molecule has 0 unspecified atom stereocenters. The molecule has 4 nitrogen and oxygen atoms in total. The van der Waals surface area contributed by atoms with Crippen LogP contribution in [0.5, 0.6) is 0 Å². The van der Waals surface area contributed by atoms with Gasteiger partial charge in [0, 0.05) is 12.0 Å².